The molecule has 0 spiro atoms. The zero-order valence-corrected chi connectivity index (χ0v) is 11.0. The van der Waals surface area contributed by atoms with Crippen molar-refractivity contribution in [3.05, 3.63) is 34.9 Å². The van der Waals surface area contributed by atoms with Crippen molar-refractivity contribution < 1.29 is 9.90 Å². The number of fused-ring (bicyclic) bond motifs is 1. The number of carbonyl (C=O) groups is 1. The predicted molar refractivity (Wildman–Crippen MR) is 71.8 cm³/mol. The first-order valence-corrected chi connectivity index (χ1v) is 6.65. The Balaban J connectivity index is 1.82. The minimum atomic E-state index is -0.455. The summed E-state index contributed by atoms with van der Waals surface area (Å²) in [4.78, 5) is 26.1. The van der Waals surface area contributed by atoms with Gasteiger partial charge in [0.1, 0.15) is 0 Å². The van der Waals surface area contributed by atoms with E-state index in [2.05, 4.69) is 5.10 Å². The second-order valence-electron chi connectivity index (χ2n) is 5.05. The third-order valence-electron chi connectivity index (χ3n) is 3.50. The molecule has 1 unspecified atom stereocenters. The van der Waals surface area contributed by atoms with Crippen LogP contribution in [0.3, 0.4) is 0 Å². The first kappa shape index (κ1) is 13.0. The van der Waals surface area contributed by atoms with Gasteiger partial charge < -0.3 is 5.11 Å². The van der Waals surface area contributed by atoms with E-state index in [-0.39, 0.29) is 12.5 Å². The molecule has 0 saturated carbocycles. The third-order valence-corrected chi connectivity index (χ3v) is 3.50. The van der Waals surface area contributed by atoms with Crippen LogP contribution in [0.5, 0.6) is 0 Å². The second kappa shape index (κ2) is 5.18. The van der Waals surface area contributed by atoms with Gasteiger partial charge in [-0.3, -0.25) is 9.69 Å². The quantitative estimate of drug-likeness (QED) is 0.807. The Morgan fingerprint density at radius 1 is 1.45 bits per heavy atom. The van der Waals surface area contributed by atoms with Gasteiger partial charge in [-0.15, -0.1) is 9.78 Å². The van der Waals surface area contributed by atoms with Crippen LogP contribution in [-0.4, -0.2) is 55.8 Å². The molecular weight excluding hydrogens is 260 g/mol. The summed E-state index contributed by atoms with van der Waals surface area (Å²) < 4.78 is 2.24. The molecule has 2 aromatic rings. The first-order valence-electron chi connectivity index (χ1n) is 6.65. The Morgan fingerprint density at radius 3 is 3.05 bits per heavy atom. The molecule has 0 bridgehead atoms. The highest BCUT2D eigenvalue weighted by Gasteiger charge is 2.22. The van der Waals surface area contributed by atoms with Crippen LogP contribution in [0.15, 0.2) is 29.2 Å². The number of nitrogens with zero attached hydrogens (tertiary/aromatic N) is 4. The molecule has 1 atom stereocenters. The van der Waals surface area contributed by atoms with Crippen LogP contribution in [0.4, 0.5) is 0 Å². The van der Waals surface area contributed by atoms with Gasteiger partial charge >= 0.3 is 5.69 Å². The number of rotatable bonds is 2. The molecule has 0 aliphatic carbocycles. The molecule has 1 aliphatic heterocycles. The molecule has 1 N–H and O–H groups in total. The van der Waals surface area contributed by atoms with Gasteiger partial charge in [-0.05, 0) is 31.5 Å². The number of likely N-dealkylation sites (tertiary alicyclic amines) is 1. The van der Waals surface area contributed by atoms with Gasteiger partial charge in [0, 0.05) is 12.7 Å². The number of pyridine rings is 1. The highest BCUT2D eigenvalue weighted by Crippen LogP contribution is 2.09. The van der Waals surface area contributed by atoms with E-state index in [0.717, 1.165) is 24.1 Å². The zero-order chi connectivity index (χ0) is 14.1. The molecule has 1 aliphatic rings. The summed E-state index contributed by atoms with van der Waals surface area (Å²) in [6, 6.07) is 5.15. The van der Waals surface area contributed by atoms with E-state index in [0.29, 0.717) is 12.2 Å². The van der Waals surface area contributed by atoms with Gasteiger partial charge in [0.25, 0.3) is 5.91 Å². The Bertz CT molecular complexity index is 690. The molecule has 0 radical (unpaired) electrons. The van der Waals surface area contributed by atoms with E-state index in [9.17, 15) is 14.7 Å². The summed E-state index contributed by atoms with van der Waals surface area (Å²) in [7, 11) is 0. The van der Waals surface area contributed by atoms with E-state index < -0.39 is 11.8 Å². The van der Waals surface area contributed by atoms with Gasteiger partial charge in [-0.2, -0.15) is 0 Å². The largest absolute Gasteiger partial charge is 0.392 e. The minimum absolute atomic E-state index is 0.0981. The van der Waals surface area contributed by atoms with Gasteiger partial charge in [0.2, 0.25) is 0 Å². The summed E-state index contributed by atoms with van der Waals surface area (Å²) in [6.07, 6.45) is 2.81. The van der Waals surface area contributed by atoms with Crippen LogP contribution < -0.4 is 5.69 Å². The number of aromatic nitrogens is 3. The summed E-state index contributed by atoms with van der Waals surface area (Å²) >= 11 is 0. The number of β-amino-alcohol motifs (C(OH)–C–C–N with tert-alkyl or cyclic N) is 1. The average Bonchev–Trinajstić information content (AvgIpc) is 2.77. The lowest BCUT2D eigenvalue weighted by Gasteiger charge is -2.28. The number of carbonyl (C=O) groups excluding carboxylic acids is 1. The van der Waals surface area contributed by atoms with E-state index >= 15 is 0 Å². The summed E-state index contributed by atoms with van der Waals surface area (Å²) in [5.74, 6) is -0.368. The van der Waals surface area contributed by atoms with E-state index in [1.807, 2.05) is 4.90 Å². The van der Waals surface area contributed by atoms with Crippen molar-refractivity contribution in [3.8, 4) is 0 Å². The van der Waals surface area contributed by atoms with Crippen molar-refractivity contribution in [2.75, 3.05) is 19.6 Å². The maximum absolute atomic E-state index is 12.2. The summed E-state index contributed by atoms with van der Waals surface area (Å²) in [6.45, 7) is 1.32. The van der Waals surface area contributed by atoms with Crippen molar-refractivity contribution in [2.45, 2.75) is 18.9 Å². The lowest BCUT2D eigenvalue weighted by molar-refractivity contribution is 0.0580. The molecule has 7 heteroatoms. The Kier molecular flexibility index (Phi) is 3.37. The van der Waals surface area contributed by atoms with Crippen LogP contribution in [0.1, 0.15) is 17.6 Å². The predicted octanol–water partition coefficient (Wildman–Crippen LogP) is -0.407. The van der Waals surface area contributed by atoms with Crippen molar-refractivity contribution >= 4 is 11.6 Å². The van der Waals surface area contributed by atoms with E-state index in [1.54, 1.807) is 24.4 Å². The number of aliphatic hydroxyl groups is 1. The molecule has 106 valence electrons. The van der Waals surface area contributed by atoms with Gasteiger partial charge in [0.15, 0.2) is 5.65 Å². The fourth-order valence-electron chi connectivity index (χ4n) is 2.52. The summed E-state index contributed by atoms with van der Waals surface area (Å²) in [5.41, 5.74) is -0.00677. The maximum Gasteiger partial charge on any atom is 0.357 e. The summed E-state index contributed by atoms with van der Waals surface area (Å²) in [5, 5.41) is 13.6. The lowest BCUT2D eigenvalue weighted by atomic mass is 10.1. The second-order valence-corrected chi connectivity index (χ2v) is 5.05. The van der Waals surface area contributed by atoms with Crippen LogP contribution in [0.2, 0.25) is 0 Å². The molecule has 0 amide bonds. The Morgan fingerprint density at radius 2 is 2.30 bits per heavy atom. The molecular formula is C13H16N4O3. The van der Waals surface area contributed by atoms with Crippen molar-refractivity contribution in [3.63, 3.8) is 0 Å². The first-order chi connectivity index (χ1) is 9.65. The molecule has 1 fully saturated rings. The van der Waals surface area contributed by atoms with Crippen molar-refractivity contribution in [1.82, 2.24) is 19.1 Å². The normalized spacial score (nSPS) is 20.4. The molecule has 0 aromatic carbocycles. The minimum Gasteiger partial charge on any atom is -0.392 e. The zero-order valence-electron chi connectivity index (χ0n) is 11.0. The van der Waals surface area contributed by atoms with Crippen LogP contribution in [0.25, 0.3) is 5.65 Å². The lowest BCUT2D eigenvalue weighted by Crippen LogP contribution is -2.44. The molecule has 2 aromatic heterocycles. The van der Waals surface area contributed by atoms with Gasteiger partial charge in [0.05, 0.1) is 12.6 Å². The SMILES string of the molecule is O=C(CN1CCCC(O)C1)n1nc2ccccn2c1=O. The van der Waals surface area contributed by atoms with Crippen LogP contribution in [0, 0.1) is 0 Å². The topological polar surface area (TPSA) is 79.8 Å². The number of hydrogen-bond donors (Lipinski definition) is 1. The highest BCUT2D eigenvalue weighted by molar-refractivity contribution is 5.80. The van der Waals surface area contributed by atoms with Crippen molar-refractivity contribution in [1.29, 1.82) is 0 Å². The number of hydrogen-bond acceptors (Lipinski definition) is 5. The molecule has 1 saturated heterocycles. The average molecular weight is 276 g/mol. The fraction of sp³-hybridized carbons (Fsp3) is 0.462. The maximum atomic E-state index is 12.2. The number of aliphatic hydroxyl groups excluding tert-OH is 1. The number of piperidine rings is 1. The van der Waals surface area contributed by atoms with Crippen molar-refractivity contribution in [2.24, 2.45) is 0 Å². The Labute approximate surface area is 115 Å². The molecule has 7 nitrogen and oxygen atoms in total. The monoisotopic (exact) mass is 276 g/mol. The molecule has 3 heterocycles. The van der Waals surface area contributed by atoms with E-state index in [4.69, 9.17) is 0 Å². The standard InChI is InChI=1S/C13H16N4O3/c18-10-4-3-6-15(8-10)9-12(19)17-13(20)16-7-2-1-5-11(16)14-17/h1-2,5,7,10,18H,3-4,6,8-9H2. The smallest absolute Gasteiger partial charge is 0.357 e. The van der Waals surface area contributed by atoms with Gasteiger partial charge in [-0.25, -0.2) is 9.20 Å². The van der Waals surface area contributed by atoms with Crippen LogP contribution in [-0.2, 0) is 0 Å². The molecule has 3 rings (SSSR count). The van der Waals surface area contributed by atoms with Crippen LogP contribution >= 0.6 is 0 Å². The van der Waals surface area contributed by atoms with Gasteiger partial charge in [-0.1, -0.05) is 6.07 Å². The third kappa shape index (κ3) is 2.37. The fourth-order valence-corrected chi connectivity index (χ4v) is 2.52. The highest BCUT2D eigenvalue weighted by atomic mass is 16.3. The van der Waals surface area contributed by atoms with E-state index in [1.165, 1.54) is 4.40 Å². The Hall–Kier alpha value is -1.99. The molecule has 20 heavy (non-hydrogen) atoms.